The minimum Gasteiger partial charge on any atom is -0.477 e. The minimum absolute atomic E-state index is 0.0282. The SMILES string of the molecule is Cc1ccc(COc2nsc(NC(=O)NCC(O)CN3CCOCC3)c2C(=O)O)c(C)c1. The van der Waals surface area contributed by atoms with Gasteiger partial charge in [0.05, 0.1) is 19.3 Å². The van der Waals surface area contributed by atoms with E-state index in [9.17, 15) is 19.8 Å². The van der Waals surface area contributed by atoms with Crippen LogP contribution in [0, 0.1) is 13.8 Å². The Morgan fingerprint density at radius 2 is 2.06 bits per heavy atom. The number of carboxylic acid groups (broad SMARTS) is 1. The second-order valence-electron chi connectivity index (χ2n) is 7.62. The number of carbonyl (C=O) groups is 2. The van der Waals surface area contributed by atoms with Crippen LogP contribution in [0.3, 0.4) is 0 Å². The Hall–Kier alpha value is -2.73. The molecule has 10 nitrogen and oxygen atoms in total. The molecule has 1 aliphatic heterocycles. The van der Waals surface area contributed by atoms with E-state index in [-0.39, 0.29) is 29.6 Å². The monoisotopic (exact) mass is 464 g/mol. The zero-order valence-electron chi connectivity index (χ0n) is 18.1. The topological polar surface area (TPSA) is 133 Å². The molecule has 1 unspecified atom stereocenters. The van der Waals surface area contributed by atoms with Crippen molar-refractivity contribution in [2.75, 3.05) is 44.7 Å². The van der Waals surface area contributed by atoms with Gasteiger partial charge in [-0.1, -0.05) is 23.8 Å². The highest BCUT2D eigenvalue weighted by Crippen LogP contribution is 2.31. The third kappa shape index (κ3) is 6.63. The normalized spacial score (nSPS) is 15.2. The van der Waals surface area contributed by atoms with Gasteiger partial charge in [-0.05, 0) is 36.5 Å². The van der Waals surface area contributed by atoms with Gasteiger partial charge in [0, 0.05) is 26.2 Å². The van der Waals surface area contributed by atoms with E-state index in [0.717, 1.165) is 41.3 Å². The number of nitrogens with zero attached hydrogens (tertiary/aromatic N) is 2. The number of hydrogen-bond donors (Lipinski definition) is 4. The van der Waals surface area contributed by atoms with Crippen LogP contribution in [0.2, 0.25) is 0 Å². The molecule has 1 fully saturated rings. The Morgan fingerprint density at radius 1 is 1.31 bits per heavy atom. The highest BCUT2D eigenvalue weighted by Gasteiger charge is 2.24. The lowest BCUT2D eigenvalue weighted by molar-refractivity contribution is 0.0154. The quantitative estimate of drug-likeness (QED) is 0.442. The lowest BCUT2D eigenvalue weighted by Crippen LogP contribution is -2.45. The summed E-state index contributed by atoms with van der Waals surface area (Å²) in [4.78, 5) is 26.0. The van der Waals surface area contributed by atoms with Gasteiger partial charge >= 0.3 is 12.0 Å². The molecule has 0 aliphatic carbocycles. The van der Waals surface area contributed by atoms with Gasteiger partial charge in [-0.2, -0.15) is 4.37 Å². The number of aliphatic hydroxyl groups excluding tert-OH is 1. The Kier molecular flexibility index (Phi) is 8.39. The molecule has 2 heterocycles. The Morgan fingerprint density at radius 3 is 2.75 bits per heavy atom. The van der Waals surface area contributed by atoms with Crippen LogP contribution in [0.15, 0.2) is 18.2 Å². The molecule has 0 radical (unpaired) electrons. The van der Waals surface area contributed by atoms with Crippen LogP contribution in [0.5, 0.6) is 5.88 Å². The zero-order valence-corrected chi connectivity index (χ0v) is 18.9. The molecule has 32 heavy (non-hydrogen) atoms. The van der Waals surface area contributed by atoms with E-state index >= 15 is 0 Å². The molecule has 2 amide bonds. The van der Waals surface area contributed by atoms with Crippen molar-refractivity contribution in [2.24, 2.45) is 0 Å². The molecule has 11 heteroatoms. The average Bonchev–Trinajstić information content (AvgIpc) is 3.15. The molecule has 1 aliphatic rings. The Bertz CT molecular complexity index is 944. The van der Waals surface area contributed by atoms with Crippen LogP contribution in [-0.2, 0) is 11.3 Å². The number of benzene rings is 1. The molecule has 1 aromatic carbocycles. The third-order valence-electron chi connectivity index (χ3n) is 5.04. The van der Waals surface area contributed by atoms with Crippen molar-refractivity contribution < 1.29 is 29.3 Å². The first kappa shape index (κ1) is 23.9. The average molecular weight is 465 g/mol. The van der Waals surface area contributed by atoms with E-state index in [1.165, 1.54) is 0 Å². The Labute approximate surface area is 190 Å². The largest absolute Gasteiger partial charge is 0.477 e. The fourth-order valence-corrected chi connectivity index (χ4v) is 4.03. The fourth-order valence-electron chi connectivity index (χ4n) is 3.31. The van der Waals surface area contributed by atoms with Crippen LogP contribution >= 0.6 is 11.5 Å². The number of aliphatic hydroxyl groups is 1. The number of nitrogens with one attached hydrogen (secondary N) is 2. The zero-order chi connectivity index (χ0) is 23.1. The molecule has 174 valence electrons. The summed E-state index contributed by atoms with van der Waals surface area (Å²) in [7, 11) is 0. The van der Waals surface area contributed by atoms with E-state index in [2.05, 4.69) is 19.9 Å². The number of ether oxygens (including phenoxy) is 2. The van der Waals surface area contributed by atoms with Gasteiger partial charge in [0.2, 0.25) is 5.88 Å². The number of aromatic nitrogens is 1. The van der Waals surface area contributed by atoms with Crippen LogP contribution < -0.4 is 15.4 Å². The van der Waals surface area contributed by atoms with E-state index in [4.69, 9.17) is 9.47 Å². The van der Waals surface area contributed by atoms with Gasteiger partial charge in [-0.25, -0.2) is 9.59 Å². The smallest absolute Gasteiger partial charge is 0.344 e. The van der Waals surface area contributed by atoms with Crippen LogP contribution in [0.25, 0.3) is 0 Å². The summed E-state index contributed by atoms with van der Waals surface area (Å²) in [6.45, 7) is 7.27. The van der Waals surface area contributed by atoms with Crippen molar-refractivity contribution in [3.8, 4) is 5.88 Å². The van der Waals surface area contributed by atoms with Crippen molar-refractivity contribution in [1.29, 1.82) is 0 Å². The maximum Gasteiger partial charge on any atom is 0.344 e. The van der Waals surface area contributed by atoms with Crippen molar-refractivity contribution in [3.05, 3.63) is 40.5 Å². The van der Waals surface area contributed by atoms with Gasteiger partial charge in [0.1, 0.15) is 11.6 Å². The molecule has 0 spiro atoms. The maximum absolute atomic E-state index is 12.2. The molecule has 0 saturated carbocycles. The van der Waals surface area contributed by atoms with Crippen LogP contribution in [-0.4, -0.2) is 77.0 Å². The highest BCUT2D eigenvalue weighted by molar-refractivity contribution is 7.11. The number of amides is 2. The molecule has 2 aromatic rings. The van der Waals surface area contributed by atoms with E-state index < -0.39 is 18.1 Å². The second kappa shape index (κ2) is 11.2. The fraction of sp³-hybridized carbons (Fsp3) is 0.476. The number of rotatable bonds is 9. The second-order valence-corrected chi connectivity index (χ2v) is 8.39. The molecular formula is C21H28N4O6S. The molecular weight excluding hydrogens is 436 g/mol. The number of morpholine rings is 1. The number of urea groups is 1. The molecule has 3 rings (SSSR count). The van der Waals surface area contributed by atoms with Crippen molar-refractivity contribution in [3.63, 3.8) is 0 Å². The van der Waals surface area contributed by atoms with Crippen molar-refractivity contribution in [1.82, 2.24) is 14.6 Å². The van der Waals surface area contributed by atoms with Gasteiger partial charge in [0.15, 0.2) is 5.56 Å². The molecule has 4 N–H and O–H groups in total. The van der Waals surface area contributed by atoms with Crippen molar-refractivity contribution in [2.45, 2.75) is 26.6 Å². The summed E-state index contributed by atoms with van der Waals surface area (Å²) in [5, 5.41) is 24.8. The number of carboxylic acids is 1. The molecule has 1 aromatic heterocycles. The highest BCUT2D eigenvalue weighted by atomic mass is 32.1. The summed E-state index contributed by atoms with van der Waals surface area (Å²) in [5.41, 5.74) is 2.87. The van der Waals surface area contributed by atoms with E-state index in [1.807, 2.05) is 32.0 Å². The van der Waals surface area contributed by atoms with E-state index in [0.29, 0.717) is 19.8 Å². The Balaban J connectivity index is 1.54. The first-order valence-corrected chi connectivity index (χ1v) is 11.1. The summed E-state index contributed by atoms with van der Waals surface area (Å²) < 4.78 is 15.0. The number of hydrogen-bond acceptors (Lipinski definition) is 8. The maximum atomic E-state index is 12.2. The first-order chi connectivity index (χ1) is 15.3. The predicted octanol–water partition coefficient (Wildman–Crippen LogP) is 1.85. The summed E-state index contributed by atoms with van der Waals surface area (Å²) >= 11 is 0.825. The third-order valence-corrected chi connectivity index (χ3v) is 5.78. The number of carbonyl (C=O) groups excluding carboxylic acids is 1. The summed E-state index contributed by atoms with van der Waals surface area (Å²) in [6, 6.07) is 5.27. The first-order valence-electron chi connectivity index (χ1n) is 10.3. The van der Waals surface area contributed by atoms with Gasteiger partial charge < -0.3 is 25.0 Å². The van der Waals surface area contributed by atoms with Crippen LogP contribution in [0.4, 0.5) is 9.80 Å². The molecule has 1 atom stereocenters. The number of β-amino-alcohol motifs (C(OH)–C–C–N with tert-alkyl or cyclic N) is 1. The minimum atomic E-state index is -1.25. The summed E-state index contributed by atoms with van der Waals surface area (Å²) in [5.74, 6) is -1.30. The number of aromatic carboxylic acids is 1. The number of aryl methyl sites for hydroxylation is 2. The molecule has 1 saturated heterocycles. The van der Waals surface area contributed by atoms with Crippen LogP contribution in [0.1, 0.15) is 27.0 Å². The van der Waals surface area contributed by atoms with Gasteiger partial charge in [-0.3, -0.25) is 10.2 Å². The summed E-state index contributed by atoms with van der Waals surface area (Å²) in [6.07, 6.45) is -0.754. The number of anilines is 1. The van der Waals surface area contributed by atoms with Gasteiger partial charge in [0.25, 0.3) is 0 Å². The van der Waals surface area contributed by atoms with Gasteiger partial charge in [-0.15, -0.1) is 0 Å². The molecule has 0 bridgehead atoms. The standard InChI is InChI=1S/C21H28N4O6S/c1-13-3-4-15(14(2)9-13)12-31-18-17(20(27)28)19(32-24-18)23-21(29)22-10-16(26)11-25-5-7-30-8-6-25/h3-4,9,16,26H,5-8,10-12H2,1-2H3,(H,27,28)(H2,22,23,29). The van der Waals surface area contributed by atoms with Crippen molar-refractivity contribution >= 4 is 28.5 Å². The lowest BCUT2D eigenvalue weighted by atomic mass is 10.1. The van der Waals surface area contributed by atoms with E-state index in [1.54, 1.807) is 0 Å². The predicted molar refractivity (Wildman–Crippen MR) is 120 cm³/mol. The lowest BCUT2D eigenvalue weighted by Gasteiger charge is -2.28.